The Hall–Kier alpha value is -0.643. The van der Waals surface area contributed by atoms with Crippen LogP contribution in [-0.4, -0.2) is 19.8 Å². The molecule has 0 atom stereocenters. The normalized spacial score (nSPS) is 13.5. The number of benzene rings is 1. The molecule has 0 unspecified atom stereocenters. The lowest BCUT2D eigenvalue weighted by Gasteiger charge is -2.41. The van der Waals surface area contributed by atoms with Gasteiger partial charge in [-0.1, -0.05) is 50.1 Å². The van der Waals surface area contributed by atoms with E-state index in [1.165, 1.54) is 5.19 Å². The predicted octanol–water partition coefficient (Wildman–Crippen LogP) is 4.77. The lowest BCUT2D eigenvalue weighted by molar-refractivity contribution is 0.0216. The lowest BCUT2D eigenvalue weighted by atomic mass is 10.2. The van der Waals surface area contributed by atoms with Crippen LogP contribution in [0.15, 0.2) is 30.3 Å². The molecule has 0 aliphatic carbocycles. The minimum absolute atomic E-state index is 0.207. The largest absolute Gasteiger partial charge is 0.386 e. The van der Waals surface area contributed by atoms with Crippen LogP contribution in [0.1, 0.15) is 61.3 Å². The Morgan fingerprint density at radius 1 is 0.857 bits per heavy atom. The number of unbranched alkanes of at least 4 members (excludes halogenated alkanes) is 1. The van der Waals surface area contributed by atoms with Gasteiger partial charge in [-0.25, -0.2) is 0 Å². The maximum atomic E-state index is 6.61. The van der Waals surface area contributed by atoms with E-state index in [0.29, 0.717) is 0 Å². The third kappa shape index (κ3) is 6.33. The number of hydrogen-bond donors (Lipinski definition) is 0. The summed E-state index contributed by atoms with van der Waals surface area (Å²) in [4.78, 5) is 0. The second-order valence-corrected chi connectivity index (χ2v) is 10.6. The van der Waals surface area contributed by atoms with Gasteiger partial charge in [0.2, 0.25) is 0 Å². The average Bonchev–Trinajstić information content (AvgIpc) is 2.33. The van der Waals surface area contributed by atoms with Gasteiger partial charge in [0.15, 0.2) is 0 Å². The molecule has 2 nitrogen and oxygen atoms in total. The summed E-state index contributed by atoms with van der Waals surface area (Å²) >= 11 is 0. The standard InChI is InChI=1S/C18H32O2Si/c1-8-9-15-21(19-17(2,3)4,20-18(5,6)7)16-13-11-10-12-14-16/h10-14H,8-9,15H2,1-7H3. The van der Waals surface area contributed by atoms with E-state index in [1.54, 1.807) is 0 Å². The molecule has 0 fully saturated rings. The van der Waals surface area contributed by atoms with Gasteiger partial charge in [0.25, 0.3) is 0 Å². The van der Waals surface area contributed by atoms with Gasteiger partial charge in [-0.15, -0.1) is 0 Å². The molecular formula is C18H32O2Si. The molecule has 120 valence electrons. The highest BCUT2D eigenvalue weighted by atomic mass is 28.4. The van der Waals surface area contributed by atoms with Crippen LogP contribution < -0.4 is 5.19 Å². The molecule has 1 aromatic carbocycles. The molecular weight excluding hydrogens is 276 g/mol. The molecule has 3 heteroatoms. The van der Waals surface area contributed by atoms with Gasteiger partial charge >= 0.3 is 8.56 Å². The van der Waals surface area contributed by atoms with Crippen molar-refractivity contribution in [2.45, 2.75) is 78.6 Å². The molecule has 0 spiro atoms. The zero-order chi connectivity index (χ0) is 16.1. The van der Waals surface area contributed by atoms with Crippen LogP contribution in [0.2, 0.25) is 6.04 Å². The zero-order valence-corrected chi connectivity index (χ0v) is 15.8. The monoisotopic (exact) mass is 308 g/mol. The first-order valence-electron chi connectivity index (χ1n) is 8.04. The fourth-order valence-corrected chi connectivity index (χ4v) is 6.74. The van der Waals surface area contributed by atoms with E-state index in [1.807, 2.05) is 0 Å². The fraction of sp³-hybridized carbons (Fsp3) is 0.667. The molecule has 1 rings (SSSR count). The third-order valence-corrected chi connectivity index (χ3v) is 7.12. The summed E-state index contributed by atoms with van der Waals surface area (Å²) < 4.78 is 13.2. The van der Waals surface area contributed by atoms with Crippen molar-refractivity contribution >= 4 is 13.7 Å². The van der Waals surface area contributed by atoms with Gasteiger partial charge in [-0.05, 0) is 52.8 Å². The lowest BCUT2D eigenvalue weighted by Crippen LogP contribution is -2.60. The molecule has 0 aliphatic rings. The highest BCUT2D eigenvalue weighted by Crippen LogP contribution is 2.28. The molecule has 0 bridgehead atoms. The van der Waals surface area contributed by atoms with E-state index in [2.05, 4.69) is 78.8 Å². The first-order chi connectivity index (χ1) is 9.58. The van der Waals surface area contributed by atoms with Gasteiger partial charge in [0.05, 0.1) is 11.2 Å². The van der Waals surface area contributed by atoms with Crippen molar-refractivity contribution < 1.29 is 8.85 Å². The van der Waals surface area contributed by atoms with Crippen LogP contribution >= 0.6 is 0 Å². The highest BCUT2D eigenvalue weighted by Gasteiger charge is 2.45. The maximum Gasteiger partial charge on any atom is 0.373 e. The van der Waals surface area contributed by atoms with Crippen LogP contribution in [0.3, 0.4) is 0 Å². The second-order valence-electron chi connectivity index (χ2n) is 7.65. The Bertz CT molecular complexity index is 399. The Morgan fingerprint density at radius 3 is 1.71 bits per heavy atom. The van der Waals surface area contributed by atoms with Crippen LogP contribution in [-0.2, 0) is 8.85 Å². The number of rotatable bonds is 6. The Morgan fingerprint density at radius 2 is 1.33 bits per heavy atom. The topological polar surface area (TPSA) is 18.5 Å². The highest BCUT2D eigenvalue weighted by molar-refractivity contribution is 6.81. The summed E-state index contributed by atoms with van der Waals surface area (Å²) in [5.74, 6) is 0. The van der Waals surface area contributed by atoms with Gasteiger partial charge < -0.3 is 8.85 Å². The quantitative estimate of drug-likeness (QED) is 0.705. The molecule has 0 aliphatic heterocycles. The molecule has 0 amide bonds. The Labute approximate surface area is 132 Å². The third-order valence-electron chi connectivity index (χ3n) is 3.02. The summed E-state index contributed by atoms with van der Waals surface area (Å²) in [5.41, 5.74) is -0.415. The van der Waals surface area contributed by atoms with Crippen molar-refractivity contribution in [1.82, 2.24) is 0 Å². The van der Waals surface area contributed by atoms with Crippen molar-refractivity contribution in [3.63, 3.8) is 0 Å². The molecule has 0 aromatic heterocycles. The molecule has 1 aromatic rings. The number of hydrogen-bond acceptors (Lipinski definition) is 2. The summed E-state index contributed by atoms with van der Waals surface area (Å²) in [6.45, 7) is 14.9. The molecule has 0 radical (unpaired) electrons. The van der Waals surface area contributed by atoms with Gasteiger partial charge in [-0.3, -0.25) is 0 Å². The van der Waals surface area contributed by atoms with Crippen LogP contribution in [0.4, 0.5) is 0 Å². The van der Waals surface area contributed by atoms with E-state index >= 15 is 0 Å². The minimum atomic E-state index is -2.46. The van der Waals surface area contributed by atoms with Gasteiger partial charge in [0, 0.05) is 0 Å². The van der Waals surface area contributed by atoms with Crippen LogP contribution in [0.5, 0.6) is 0 Å². The van der Waals surface area contributed by atoms with E-state index in [-0.39, 0.29) is 11.2 Å². The predicted molar refractivity (Wildman–Crippen MR) is 93.2 cm³/mol. The first-order valence-corrected chi connectivity index (χ1v) is 10.1. The Balaban J connectivity index is 3.26. The molecule has 21 heavy (non-hydrogen) atoms. The molecule has 0 N–H and O–H groups in total. The van der Waals surface area contributed by atoms with Crippen LogP contribution in [0, 0.1) is 0 Å². The van der Waals surface area contributed by atoms with Crippen molar-refractivity contribution in [3.05, 3.63) is 30.3 Å². The second kappa shape index (κ2) is 7.08. The minimum Gasteiger partial charge on any atom is -0.386 e. The molecule has 0 saturated carbocycles. The fourth-order valence-electron chi connectivity index (χ4n) is 2.48. The summed E-state index contributed by atoms with van der Waals surface area (Å²) in [6.07, 6.45) is 2.29. The SMILES string of the molecule is CCCC[Si](OC(C)(C)C)(OC(C)(C)C)c1ccccc1. The summed E-state index contributed by atoms with van der Waals surface area (Å²) in [6, 6.07) is 11.6. The first kappa shape index (κ1) is 18.4. The summed E-state index contributed by atoms with van der Waals surface area (Å²) in [7, 11) is -2.46. The van der Waals surface area contributed by atoms with E-state index in [9.17, 15) is 0 Å². The van der Waals surface area contributed by atoms with Gasteiger partial charge in [0.1, 0.15) is 0 Å². The van der Waals surface area contributed by atoms with Crippen molar-refractivity contribution in [2.75, 3.05) is 0 Å². The van der Waals surface area contributed by atoms with Crippen molar-refractivity contribution in [2.24, 2.45) is 0 Å². The Kier molecular flexibility index (Phi) is 6.20. The van der Waals surface area contributed by atoms with Crippen molar-refractivity contribution in [1.29, 1.82) is 0 Å². The maximum absolute atomic E-state index is 6.61. The van der Waals surface area contributed by atoms with Gasteiger partial charge in [-0.2, -0.15) is 0 Å². The zero-order valence-electron chi connectivity index (χ0n) is 14.8. The average molecular weight is 309 g/mol. The molecule has 0 saturated heterocycles. The van der Waals surface area contributed by atoms with E-state index in [4.69, 9.17) is 8.85 Å². The van der Waals surface area contributed by atoms with Crippen LogP contribution in [0.25, 0.3) is 0 Å². The van der Waals surface area contributed by atoms with E-state index in [0.717, 1.165) is 18.9 Å². The molecule has 0 heterocycles. The van der Waals surface area contributed by atoms with Crippen molar-refractivity contribution in [3.8, 4) is 0 Å². The van der Waals surface area contributed by atoms with E-state index < -0.39 is 8.56 Å². The summed E-state index contributed by atoms with van der Waals surface area (Å²) in [5, 5.41) is 1.24. The smallest absolute Gasteiger partial charge is 0.373 e.